The third kappa shape index (κ3) is 3.10. The zero-order valence-corrected chi connectivity index (χ0v) is 14.5. The third-order valence-electron chi connectivity index (χ3n) is 3.69. The maximum Gasteiger partial charge on any atom is 0.0591 e. The van der Waals surface area contributed by atoms with E-state index in [1.54, 1.807) is 0 Å². The van der Waals surface area contributed by atoms with Crippen molar-refractivity contribution in [2.45, 2.75) is 5.16 Å². The molecule has 0 saturated carbocycles. The fraction of sp³-hybridized carbons (Fsp3) is 0.0526. The van der Waals surface area contributed by atoms with Crippen LogP contribution in [0.1, 0.15) is 16.7 Å². The fourth-order valence-electron chi connectivity index (χ4n) is 2.60. The van der Waals surface area contributed by atoms with Gasteiger partial charge >= 0.3 is 0 Å². The lowest BCUT2D eigenvalue weighted by molar-refractivity contribution is 0.897. The Hall–Kier alpha value is -1.43. The highest BCUT2D eigenvalue weighted by Gasteiger charge is 2.30. The second-order valence-electron chi connectivity index (χ2n) is 4.91. The Balaban J connectivity index is 0.00000161. The Labute approximate surface area is 139 Å². The van der Waals surface area contributed by atoms with Crippen LogP contribution < -0.4 is 0 Å². The Morgan fingerprint density at radius 1 is 0.476 bits per heavy atom. The normalized spacial score (nSPS) is 10.7. The standard InChI is InChI=1S/C19H17P.BrH/c20-19(16-10-4-1-5-11-16,17-12-6-2-7-13-17)18-14-8-3-9-15-18;/h1-15H,20H2;1H. The van der Waals surface area contributed by atoms with Crippen LogP contribution in [0.4, 0.5) is 0 Å². The van der Waals surface area contributed by atoms with Crippen molar-refractivity contribution in [2.75, 3.05) is 0 Å². The molecule has 106 valence electrons. The van der Waals surface area contributed by atoms with Gasteiger partial charge in [0, 0.05) is 0 Å². The lowest BCUT2D eigenvalue weighted by Crippen LogP contribution is -2.21. The molecule has 3 aromatic carbocycles. The first kappa shape index (κ1) is 15.9. The SMILES string of the molecule is Br.PC(c1ccccc1)(c1ccccc1)c1ccccc1. The van der Waals surface area contributed by atoms with Gasteiger partial charge in [-0.25, -0.2) is 0 Å². The second kappa shape index (κ2) is 7.02. The van der Waals surface area contributed by atoms with E-state index in [-0.39, 0.29) is 22.1 Å². The average molecular weight is 357 g/mol. The summed E-state index contributed by atoms with van der Waals surface area (Å²) in [4.78, 5) is 0. The molecule has 21 heavy (non-hydrogen) atoms. The summed E-state index contributed by atoms with van der Waals surface area (Å²) in [6.07, 6.45) is 0. The van der Waals surface area contributed by atoms with Gasteiger partial charge in [-0.2, -0.15) is 0 Å². The molecular formula is C19H18BrP. The number of hydrogen-bond donors (Lipinski definition) is 0. The van der Waals surface area contributed by atoms with Crippen LogP contribution in [0.2, 0.25) is 0 Å². The summed E-state index contributed by atoms with van der Waals surface area (Å²) in [6, 6.07) is 31.9. The Morgan fingerprint density at radius 2 is 0.714 bits per heavy atom. The van der Waals surface area contributed by atoms with Crippen LogP contribution in [0.5, 0.6) is 0 Å². The van der Waals surface area contributed by atoms with E-state index in [4.69, 9.17) is 0 Å². The molecule has 0 aliphatic carbocycles. The number of hydrogen-bond acceptors (Lipinski definition) is 0. The first-order valence-corrected chi connectivity index (χ1v) is 7.35. The van der Waals surface area contributed by atoms with Crippen molar-refractivity contribution in [3.63, 3.8) is 0 Å². The highest BCUT2D eigenvalue weighted by atomic mass is 79.9. The van der Waals surface area contributed by atoms with Crippen molar-refractivity contribution in [3.8, 4) is 0 Å². The molecule has 0 heterocycles. The molecular weight excluding hydrogens is 339 g/mol. The van der Waals surface area contributed by atoms with E-state index in [1.807, 2.05) is 0 Å². The van der Waals surface area contributed by atoms with Gasteiger partial charge < -0.3 is 0 Å². The predicted octanol–water partition coefficient (Wildman–Crippen LogP) is 5.43. The molecule has 1 atom stereocenters. The van der Waals surface area contributed by atoms with Crippen LogP contribution >= 0.6 is 26.2 Å². The molecule has 2 heteroatoms. The number of rotatable bonds is 3. The molecule has 3 rings (SSSR count). The van der Waals surface area contributed by atoms with Crippen LogP contribution in [0, 0.1) is 0 Å². The highest BCUT2D eigenvalue weighted by Crippen LogP contribution is 2.44. The van der Waals surface area contributed by atoms with E-state index in [9.17, 15) is 0 Å². The summed E-state index contributed by atoms with van der Waals surface area (Å²) in [7, 11) is 3.06. The number of benzene rings is 3. The van der Waals surface area contributed by atoms with E-state index in [1.165, 1.54) is 16.7 Å². The minimum absolute atomic E-state index is 0. The van der Waals surface area contributed by atoms with Crippen molar-refractivity contribution < 1.29 is 0 Å². The second-order valence-corrected chi connectivity index (χ2v) is 5.77. The Bertz CT molecular complexity index is 569. The summed E-state index contributed by atoms with van der Waals surface area (Å²) in [6.45, 7) is 0. The molecule has 3 aromatic rings. The molecule has 0 N–H and O–H groups in total. The van der Waals surface area contributed by atoms with Gasteiger partial charge in [-0.05, 0) is 16.7 Å². The lowest BCUT2D eigenvalue weighted by atomic mass is 9.84. The molecule has 0 radical (unpaired) electrons. The van der Waals surface area contributed by atoms with E-state index >= 15 is 0 Å². The predicted molar refractivity (Wildman–Crippen MR) is 99.2 cm³/mol. The molecule has 0 saturated heterocycles. The van der Waals surface area contributed by atoms with Crippen LogP contribution in [0.25, 0.3) is 0 Å². The van der Waals surface area contributed by atoms with Gasteiger partial charge in [-0.3, -0.25) is 0 Å². The maximum atomic E-state index is 3.06. The van der Waals surface area contributed by atoms with Crippen molar-refractivity contribution in [1.29, 1.82) is 0 Å². The van der Waals surface area contributed by atoms with Gasteiger partial charge in [0.2, 0.25) is 0 Å². The summed E-state index contributed by atoms with van der Waals surface area (Å²) < 4.78 is 0. The Kier molecular flexibility index (Phi) is 5.33. The van der Waals surface area contributed by atoms with E-state index in [0.717, 1.165) is 0 Å². The average Bonchev–Trinajstić information content (AvgIpc) is 2.56. The minimum atomic E-state index is -0.205. The first-order chi connectivity index (χ1) is 9.82. The molecule has 0 amide bonds. The van der Waals surface area contributed by atoms with Gasteiger partial charge in [0.1, 0.15) is 0 Å². The van der Waals surface area contributed by atoms with E-state index < -0.39 is 0 Å². The minimum Gasteiger partial charge on any atom is -0.117 e. The zero-order valence-electron chi connectivity index (χ0n) is 11.6. The van der Waals surface area contributed by atoms with E-state index in [0.29, 0.717) is 0 Å². The maximum absolute atomic E-state index is 3.06. The summed E-state index contributed by atoms with van der Waals surface area (Å²) in [5, 5.41) is -0.205. The smallest absolute Gasteiger partial charge is 0.0591 e. The van der Waals surface area contributed by atoms with Gasteiger partial charge in [0.05, 0.1) is 5.16 Å². The van der Waals surface area contributed by atoms with Crippen molar-refractivity contribution >= 4 is 26.2 Å². The molecule has 0 aliphatic heterocycles. The molecule has 0 spiro atoms. The van der Waals surface area contributed by atoms with Crippen LogP contribution in [-0.4, -0.2) is 0 Å². The molecule has 0 aliphatic rings. The summed E-state index contributed by atoms with van der Waals surface area (Å²) in [5.41, 5.74) is 3.84. The van der Waals surface area contributed by atoms with Gasteiger partial charge in [0.15, 0.2) is 0 Å². The van der Waals surface area contributed by atoms with Gasteiger partial charge in [-0.15, -0.1) is 26.2 Å². The Morgan fingerprint density at radius 3 is 0.952 bits per heavy atom. The zero-order chi connectivity index (χ0) is 13.8. The van der Waals surface area contributed by atoms with Gasteiger partial charge in [-0.1, -0.05) is 91.0 Å². The highest BCUT2D eigenvalue weighted by molar-refractivity contribution is 8.93. The quantitative estimate of drug-likeness (QED) is 0.433. The molecule has 0 fully saturated rings. The lowest BCUT2D eigenvalue weighted by Gasteiger charge is -2.31. The fourth-order valence-corrected chi connectivity index (χ4v) is 3.18. The van der Waals surface area contributed by atoms with Crippen LogP contribution in [0.15, 0.2) is 91.0 Å². The number of halogens is 1. The van der Waals surface area contributed by atoms with Crippen molar-refractivity contribution in [1.82, 2.24) is 0 Å². The van der Waals surface area contributed by atoms with Gasteiger partial charge in [0.25, 0.3) is 0 Å². The third-order valence-corrected chi connectivity index (χ3v) is 4.69. The molecule has 0 aromatic heterocycles. The van der Waals surface area contributed by atoms with E-state index in [2.05, 4.69) is 100 Å². The van der Waals surface area contributed by atoms with Crippen molar-refractivity contribution in [3.05, 3.63) is 108 Å². The topological polar surface area (TPSA) is 0 Å². The molecule has 1 unspecified atom stereocenters. The van der Waals surface area contributed by atoms with Crippen LogP contribution in [-0.2, 0) is 5.16 Å². The monoisotopic (exact) mass is 356 g/mol. The first-order valence-electron chi connectivity index (χ1n) is 6.77. The molecule has 0 nitrogen and oxygen atoms in total. The van der Waals surface area contributed by atoms with Crippen LogP contribution in [0.3, 0.4) is 0 Å². The van der Waals surface area contributed by atoms with Crippen molar-refractivity contribution in [2.24, 2.45) is 0 Å². The summed E-state index contributed by atoms with van der Waals surface area (Å²) >= 11 is 0. The largest absolute Gasteiger partial charge is 0.117 e. The molecule has 0 bridgehead atoms. The summed E-state index contributed by atoms with van der Waals surface area (Å²) in [5.74, 6) is 0.